The molecular formula is C26H23N7O2. The fourth-order valence-electron chi connectivity index (χ4n) is 3.31. The van der Waals surface area contributed by atoms with Crippen molar-refractivity contribution in [3.8, 4) is 0 Å². The van der Waals surface area contributed by atoms with E-state index in [0.29, 0.717) is 17.1 Å². The van der Waals surface area contributed by atoms with Crippen LogP contribution in [0.5, 0.6) is 0 Å². The van der Waals surface area contributed by atoms with E-state index in [-0.39, 0.29) is 11.5 Å². The number of para-hydroxylation sites is 2. The fourth-order valence-corrected chi connectivity index (χ4v) is 3.31. The third-order valence-corrected chi connectivity index (χ3v) is 4.98. The number of aliphatic imine (C=N–C) groups is 3. The van der Waals surface area contributed by atoms with Crippen molar-refractivity contribution in [1.29, 1.82) is 5.41 Å². The Kier molecular flexibility index (Phi) is 7.08. The minimum absolute atomic E-state index is 0.179. The average molecular weight is 466 g/mol. The van der Waals surface area contributed by atoms with Crippen LogP contribution in [-0.4, -0.2) is 35.9 Å². The van der Waals surface area contributed by atoms with Gasteiger partial charge in [-0.15, -0.1) is 0 Å². The molecule has 4 rings (SSSR count). The zero-order valence-electron chi connectivity index (χ0n) is 18.6. The van der Waals surface area contributed by atoms with Gasteiger partial charge >= 0.3 is 0 Å². The second-order valence-electron chi connectivity index (χ2n) is 7.37. The van der Waals surface area contributed by atoms with Gasteiger partial charge < -0.3 is 21.5 Å². The summed E-state index contributed by atoms with van der Waals surface area (Å²) in [5.74, 6) is -0.861. The van der Waals surface area contributed by atoms with Gasteiger partial charge in [-0.25, -0.2) is 4.99 Å². The molecule has 0 saturated carbocycles. The summed E-state index contributed by atoms with van der Waals surface area (Å²) in [5, 5.41) is 11.0. The first-order chi connectivity index (χ1) is 17.0. The van der Waals surface area contributed by atoms with Gasteiger partial charge in [0.2, 0.25) is 12.1 Å². The van der Waals surface area contributed by atoms with Crippen LogP contribution in [-0.2, 0) is 9.53 Å². The minimum Gasteiger partial charge on any atom is -0.407 e. The topological polar surface area (TPSA) is 151 Å². The Morgan fingerprint density at radius 2 is 1.66 bits per heavy atom. The van der Waals surface area contributed by atoms with Crippen molar-refractivity contribution in [2.24, 2.45) is 26.4 Å². The van der Waals surface area contributed by atoms with Crippen LogP contribution < -0.4 is 16.8 Å². The molecule has 0 fully saturated rings. The fraction of sp³-hybridized carbons (Fsp3) is 0.0385. The highest BCUT2D eigenvalue weighted by molar-refractivity contribution is 6.20. The molecule has 174 valence electrons. The molecule has 1 atom stereocenters. The molecule has 0 unspecified atom stereocenters. The minimum atomic E-state index is -1.23. The van der Waals surface area contributed by atoms with Gasteiger partial charge in [0.1, 0.15) is 0 Å². The Bertz CT molecular complexity index is 1350. The molecule has 0 aliphatic carbocycles. The van der Waals surface area contributed by atoms with Crippen molar-refractivity contribution < 1.29 is 9.53 Å². The van der Waals surface area contributed by atoms with Gasteiger partial charge in [0.15, 0.2) is 0 Å². The number of hydrogen-bond donors (Lipinski definition) is 4. The molecule has 9 heteroatoms. The number of nitrogens with two attached hydrogens (primary N) is 2. The van der Waals surface area contributed by atoms with Crippen LogP contribution in [0.25, 0.3) is 0 Å². The lowest BCUT2D eigenvalue weighted by molar-refractivity contribution is -0.117. The zero-order valence-corrected chi connectivity index (χ0v) is 18.6. The molecule has 0 spiro atoms. The Hall–Kier alpha value is -5.05. The smallest absolute Gasteiger partial charge is 0.291 e. The summed E-state index contributed by atoms with van der Waals surface area (Å²) < 4.78 is 5.32. The standard InChI is InChI=1S/C26H23N7O2/c27-15-18(16-30-19-11-5-2-6-12-19)23(28)35-26(29)33-24-25(34)31-21-14-8-7-13-20(21)22(32-24)17-9-3-1-4-10-17/h1-16,24,28H,27H2,(H2,29,33)(H,31,34)/t24-/m1/s1. The van der Waals surface area contributed by atoms with Crippen LogP contribution >= 0.6 is 0 Å². The molecule has 1 aliphatic heterocycles. The molecular weight excluding hydrogens is 442 g/mol. The van der Waals surface area contributed by atoms with Crippen molar-refractivity contribution in [2.45, 2.75) is 6.17 Å². The predicted octanol–water partition coefficient (Wildman–Crippen LogP) is 3.36. The number of carbonyl (C=O) groups is 1. The first kappa shape index (κ1) is 23.1. The lowest BCUT2D eigenvalue weighted by Gasteiger charge is -2.10. The third-order valence-electron chi connectivity index (χ3n) is 4.98. The van der Waals surface area contributed by atoms with E-state index < -0.39 is 18.1 Å². The Morgan fingerprint density at radius 1 is 1.00 bits per heavy atom. The molecule has 1 amide bonds. The maximum absolute atomic E-state index is 12.9. The van der Waals surface area contributed by atoms with Crippen LogP contribution in [0.2, 0.25) is 0 Å². The highest BCUT2D eigenvalue weighted by Gasteiger charge is 2.26. The van der Waals surface area contributed by atoms with Crippen molar-refractivity contribution in [2.75, 3.05) is 5.32 Å². The second kappa shape index (κ2) is 10.7. The van der Waals surface area contributed by atoms with E-state index in [1.807, 2.05) is 66.7 Å². The maximum atomic E-state index is 12.9. The SMILES string of the molecule is N=C(OC(N)=N[C@H]1N=C(c2ccccc2)c2ccccc2NC1=O)C(C=Nc1ccccc1)=CN. The number of hydrogen-bond acceptors (Lipinski definition) is 7. The number of nitrogens with one attached hydrogen (secondary N) is 2. The first-order valence-electron chi connectivity index (χ1n) is 10.7. The second-order valence-corrected chi connectivity index (χ2v) is 7.37. The highest BCUT2D eigenvalue weighted by atomic mass is 16.5. The number of rotatable bonds is 5. The van der Waals surface area contributed by atoms with E-state index in [2.05, 4.69) is 20.3 Å². The molecule has 1 heterocycles. The van der Waals surface area contributed by atoms with E-state index in [4.69, 9.17) is 21.6 Å². The van der Waals surface area contributed by atoms with Gasteiger partial charge in [0, 0.05) is 23.5 Å². The molecule has 9 nitrogen and oxygen atoms in total. The summed E-state index contributed by atoms with van der Waals surface area (Å²) in [6.07, 6.45) is 1.32. The number of benzene rings is 3. The number of benzodiazepines with no additional fused rings is 1. The monoisotopic (exact) mass is 465 g/mol. The van der Waals surface area contributed by atoms with Crippen molar-refractivity contribution in [3.05, 3.63) is 108 Å². The molecule has 3 aromatic carbocycles. The van der Waals surface area contributed by atoms with Crippen LogP contribution in [0.4, 0.5) is 11.4 Å². The van der Waals surface area contributed by atoms with Gasteiger partial charge in [-0.05, 0) is 18.2 Å². The number of amidine groups is 1. The van der Waals surface area contributed by atoms with Gasteiger partial charge in [-0.2, -0.15) is 4.99 Å². The van der Waals surface area contributed by atoms with Gasteiger partial charge in [-0.3, -0.25) is 15.2 Å². The van der Waals surface area contributed by atoms with Crippen molar-refractivity contribution in [3.63, 3.8) is 0 Å². The maximum Gasteiger partial charge on any atom is 0.291 e. The van der Waals surface area contributed by atoms with Crippen LogP contribution in [0.3, 0.4) is 0 Å². The number of carbonyl (C=O) groups excluding carboxylic acids is 1. The number of anilines is 1. The lowest BCUT2D eigenvalue weighted by Crippen LogP contribution is -2.29. The van der Waals surface area contributed by atoms with E-state index in [1.54, 1.807) is 18.2 Å². The summed E-state index contributed by atoms with van der Waals surface area (Å²) in [6, 6.07) is 25.5. The highest BCUT2D eigenvalue weighted by Crippen LogP contribution is 2.24. The number of nitrogens with zero attached hydrogens (tertiary/aromatic N) is 3. The zero-order chi connectivity index (χ0) is 24.6. The lowest BCUT2D eigenvalue weighted by atomic mass is 10.0. The van der Waals surface area contributed by atoms with Gasteiger partial charge in [0.25, 0.3) is 11.9 Å². The summed E-state index contributed by atoms with van der Waals surface area (Å²) in [5.41, 5.74) is 15.2. The quantitative estimate of drug-likeness (QED) is 0.337. The molecule has 1 aliphatic rings. The van der Waals surface area contributed by atoms with Crippen LogP contribution in [0.15, 0.2) is 112 Å². The van der Waals surface area contributed by atoms with Crippen LogP contribution in [0.1, 0.15) is 11.1 Å². The predicted molar refractivity (Wildman–Crippen MR) is 138 cm³/mol. The normalized spacial score (nSPS) is 16.2. The summed E-state index contributed by atoms with van der Waals surface area (Å²) in [4.78, 5) is 25.8. The number of ether oxygens (including phenoxy) is 1. The van der Waals surface area contributed by atoms with E-state index in [1.165, 1.54) is 12.4 Å². The Morgan fingerprint density at radius 3 is 2.37 bits per heavy atom. The first-order valence-corrected chi connectivity index (χ1v) is 10.7. The largest absolute Gasteiger partial charge is 0.407 e. The summed E-state index contributed by atoms with van der Waals surface area (Å²) in [7, 11) is 0. The van der Waals surface area contributed by atoms with Crippen molar-refractivity contribution in [1.82, 2.24) is 0 Å². The summed E-state index contributed by atoms with van der Waals surface area (Å²) >= 11 is 0. The molecule has 35 heavy (non-hydrogen) atoms. The molecule has 0 bridgehead atoms. The third kappa shape index (κ3) is 5.66. The molecule has 6 N–H and O–H groups in total. The van der Waals surface area contributed by atoms with Crippen LogP contribution in [0, 0.1) is 5.41 Å². The molecule has 3 aromatic rings. The number of fused-ring (bicyclic) bond motifs is 1. The Labute approximate surface area is 202 Å². The van der Waals surface area contributed by atoms with E-state index in [0.717, 1.165) is 11.1 Å². The molecule has 0 saturated heterocycles. The van der Waals surface area contributed by atoms with Gasteiger partial charge in [-0.1, -0.05) is 66.7 Å². The molecule has 0 aromatic heterocycles. The van der Waals surface area contributed by atoms with E-state index in [9.17, 15) is 4.79 Å². The average Bonchev–Trinajstić information content (AvgIpc) is 3.01. The summed E-state index contributed by atoms with van der Waals surface area (Å²) in [6.45, 7) is 0. The van der Waals surface area contributed by atoms with Crippen molar-refractivity contribution >= 4 is 41.1 Å². The van der Waals surface area contributed by atoms with E-state index >= 15 is 0 Å². The van der Waals surface area contributed by atoms with Gasteiger partial charge in [0.05, 0.1) is 22.7 Å². The molecule has 0 radical (unpaired) electrons. The Balaban J connectivity index is 1.58. The number of amides is 1.